The van der Waals surface area contributed by atoms with E-state index in [0.29, 0.717) is 6.42 Å². The average Bonchev–Trinajstić information content (AvgIpc) is 3.10. The highest BCUT2D eigenvalue weighted by Crippen LogP contribution is 2.27. The number of carbonyl (C=O) groups is 2. The minimum Gasteiger partial charge on any atom is -0.361 e. The fourth-order valence-electron chi connectivity index (χ4n) is 2.72. The van der Waals surface area contributed by atoms with E-state index in [9.17, 15) is 9.59 Å². The zero-order valence-corrected chi connectivity index (χ0v) is 16.2. The SMILES string of the molecule is CCCC(=O)Nc1cccc(SC(C)C(=O)Nc2ccc3cc[nH]c3c2)c1. The van der Waals surface area contributed by atoms with Gasteiger partial charge < -0.3 is 15.6 Å². The normalized spacial score (nSPS) is 11.9. The molecule has 0 saturated heterocycles. The number of hydrogen-bond acceptors (Lipinski definition) is 3. The first kappa shape index (κ1) is 19.0. The van der Waals surface area contributed by atoms with E-state index in [-0.39, 0.29) is 17.1 Å². The van der Waals surface area contributed by atoms with Crippen molar-refractivity contribution in [3.63, 3.8) is 0 Å². The first-order chi connectivity index (χ1) is 13.0. The summed E-state index contributed by atoms with van der Waals surface area (Å²) in [5.74, 6) is -0.0588. The van der Waals surface area contributed by atoms with E-state index < -0.39 is 0 Å². The third-order valence-corrected chi connectivity index (χ3v) is 5.19. The summed E-state index contributed by atoms with van der Waals surface area (Å²) in [6, 6.07) is 15.4. The van der Waals surface area contributed by atoms with Gasteiger partial charge in [-0.25, -0.2) is 0 Å². The third-order valence-electron chi connectivity index (χ3n) is 4.10. The van der Waals surface area contributed by atoms with Crippen molar-refractivity contribution < 1.29 is 9.59 Å². The van der Waals surface area contributed by atoms with Crippen molar-refractivity contribution in [2.75, 3.05) is 10.6 Å². The van der Waals surface area contributed by atoms with Gasteiger partial charge in [-0.05, 0) is 55.1 Å². The van der Waals surface area contributed by atoms with Gasteiger partial charge in [0.25, 0.3) is 0 Å². The van der Waals surface area contributed by atoms with Crippen LogP contribution in [0.15, 0.2) is 59.6 Å². The lowest BCUT2D eigenvalue weighted by molar-refractivity contribution is -0.116. The predicted octanol–water partition coefficient (Wildman–Crippen LogP) is 5.03. The minimum absolute atomic E-state index is 0.00477. The number of thioether (sulfide) groups is 1. The van der Waals surface area contributed by atoms with Crippen LogP contribution >= 0.6 is 11.8 Å². The van der Waals surface area contributed by atoms with Gasteiger partial charge in [0.1, 0.15) is 0 Å². The molecule has 1 unspecified atom stereocenters. The topological polar surface area (TPSA) is 74.0 Å². The van der Waals surface area contributed by atoms with Gasteiger partial charge in [-0.2, -0.15) is 0 Å². The van der Waals surface area contributed by atoms with Gasteiger partial charge in [0.2, 0.25) is 11.8 Å². The molecule has 27 heavy (non-hydrogen) atoms. The Morgan fingerprint density at radius 2 is 1.89 bits per heavy atom. The first-order valence-electron chi connectivity index (χ1n) is 8.99. The summed E-state index contributed by atoms with van der Waals surface area (Å²) in [5.41, 5.74) is 2.51. The van der Waals surface area contributed by atoms with Crippen LogP contribution in [0.3, 0.4) is 0 Å². The van der Waals surface area contributed by atoms with E-state index in [1.165, 1.54) is 11.8 Å². The van der Waals surface area contributed by atoms with Gasteiger partial charge >= 0.3 is 0 Å². The van der Waals surface area contributed by atoms with Crippen molar-refractivity contribution in [2.45, 2.75) is 36.8 Å². The van der Waals surface area contributed by atoms with Gasteiger partial charge in [0.15, 0.2) is 0 Å². The first-order valence-corrected chi connectivity index (χ1v) is 9.87. The Bertz CT molecular complexity index is 951. The highest BCUT2D eigenvalue weighted by atomic mass is 32.2. The molecule has 5 nitrogen and oxygen atoms in total. The lowest BCUT2D eigenvalue weighted by Gasteiger charge is -2.13. The van der Waals surface area contributed by atoms with Crippen LogP contribution in [0, 0.1) is 0 Å². The van der Waals surface area contributed by atoms with Crippen LogP contribution < -0.4 is 10.6 Å². The summed E-state index contributed by atoms with van der Waals surface area (Å²) in [6.45, 7) is 3.84. The highest BCUT2D eigenvalue weighted by molar-refractivity contribution is 8.00. The van der Waals surface area contributed by atoms with Crippen LogP contribution in [-0.2, 0) is 9.59 Å². The van der Waals surface area contributed by atoms with Crippen molar-refractivity contribution in [2.24, 2.45) is 0 Å². The van der Waals surface area contributed by atoms with Crippen LogP contribution in [0.4, 0.5) is 11.4 Å². The Morgan fingerprint density at radius 1 is 1.07 bits per heavy atom. The van der Waals surface area contributed by atoms with Gasteiger partial charge in [-0.3, -0.25) is 9.59 Å². The number of benzene rings is 2. The molecule has 1 atom stereocenters. The summed E-state index contributed by atoms with van der Waals surface area (Å²) in [5, 5.41) is 6.68. The molecule has 0 bridgehead atoms. The maximum Gasteiger partial charge on any atom is 0.237 e. The van der Waals surface area contributed by atoms with E-state index in [1.807, 2.05) is 68.6 Å². The zero-order valence-electron chi connectivity index (χ0n) is 15.4. The Labute approximate surface area is 162 Å². The molecule has 0 fully saturated rings. The van der Waals surface area contributed by atoms with Crippen molar-refractivity contribution in [3.8, 4) is 0 Å². The predicted molar refractivity (Wildman–Crippen MR) is 112 cm³/mol. The molecule has 0 saturated carbocycles. The largest absolute Gasteiger partial charge is 0.361 e. The van der Waals surface area contributed by atoms with Crippen molar-refractivity contribution >= 4 is 45.9 Å². The van der Waals surface area contributed by atoms with E-state index in [2.05, 4.69) is 15.6 Å². The molecule has 2 aromatic carbocycles. The molecule has 1 heterocycles. The molecule has 0 aliphatic carbocycles. The maximum absolute atomic E-state index is 12.5. The number of rotatable bonds is 7. The van der Waals surface area contributed by atoms with Crippen molar-refractivity contribution in [1.82, 2.24) is 4.98 Å². The molecule has 0 radical (unpaired) electrons. The lowest BCUT2D eigenvalue weighted by atomic mass is 10.2. The van der Waals surface area contributed by atoms with E-state index >= 15 is 0 Å². The maximum atomic E-state index is 12.5. The molecule has 3 N–H and O–H groups in total. The van der Waals surface area contributed by atoms with Gasteiger partial charge in [-0.15, -0.1) is 11.8 Å². The number of anilines is 2. The van der Waals surface area contributed by atoms with Gasteiger partial charge in [-0.1, -0.05) is 19.1 Å². The molecule has 0 aliphatic heterocycles. The molecular weight excluding hydrogens is 358 g/mol. The monoisotopic (exact) mass is 381 g/mol. The fraction of sp³-hybridized carbons (Fsp3) is 0.238. The molecule has 3 aromatic rings. The molecule has 140 valence electrons. The zero-order chi connectivity index (χ0) is 19.2. The van der Waals surface area contributed by atoms with Crippen molar-refractivity contribution in [3.05, 3.63) is 54.7 Å². The number of H-pyrrole nitrogens is 1. The Kier molecular flexibility index (Phi) is 6.19. The number of carbonyl (C=O) groups excluding carboxylic acids is 2. The van der Waals surface area contributed by atoms with E-state index in [0.717, 1.165) is 33.6 Å². The second-order valence-electron chi connectivity index (χ2n) is 6.36. The van der Waals surface area contributed by atoms with E-state index in [1.54, 1.807) is 0 Å². The lowest BCUT2D eigenvalue weighted by Crippen LogP contribution is -2.22. The smallest absolute Gasteiger partial charge is 0.237 e. The summed E-state index contributed by atoms with van der Waals surface area (Å²) in [7, 11) is 0. The summed E-state index contributed by atoms with van der Waals surface area (Å²) < 4.78 is 0. The Balaban J connectivity index is 1.61. The summed E-state index contributed by atoms with van der Waals surface area (Å²) >= 11 is 1.46. The van der Waals surface area contributed by atoms with Crippen LogP contribution in [0.2, 0.25) is 0 Å². The van der Waals surface area contributed by atoms with E-state index in [4.69, 9.17) is 0 Å². The fourth-order valence-corrected chi connectivity index (χ4v) is 3.65. The highest BCUT2D eigenvalue weighted by Gasteiger charge is 2.15. The molecule has 0 spiro atoms. The Morgan fingerprint density at radius 3 is 2.70 bits per heavy atom. The van der Waals surface area contributed by atoms with Crippen LogP contribution in [0.1, 0.15) is 26.7 Å². The molecule has 0 aliphatic rings. The number of nitrogens with one attached hydrogen (secondary N) is 3. The third kappa shape index (κ3) is 5.14. The van der Waals surface area contributed by atoms with Crippen LogP contribution in [0.5, 0.6) is 0 Å². The summed E-state index contributed by atoms with van der Waals surface area (Å²) in [6.07, 6.45) is 3.19. The minimum atomic E-state index is -0.272. The summed E-state index contributed by atoms with van der Waals surface area (Å²) in [4.78, 5) is 28.4. The number of hydrogen-bond donors (Lipinski definition) is 3. The van der Waals surface area contributed by atoms with Gasteiger partial charge in [0.05, 0.1) is 5.25 Å². The average molecular weight is 382 g/mol. The molecule has 3 rings (SSSR count). The van der Waals surface area contributed by atoms with Crippen molar-refractivity contribution in [1.29, 1.82) is 0 Å². The molecule has 1 aromatic heterocycles. The van der Waals surface area contributed by atoms with Gasteiger partial charge in [0, 0.05) is 34.4 Å². The Hall–Kier alpha value is -2.73. The van der Waals surface area contributed by atoms with Crippen LogP contribution in [0.25, 0.3) is 10.9 Å². The second-order valence-corrected chi connectivity index (χ2v) is 7.77. The number of amides is 2. The standard InChI is InChI=1S/C21H23N3O2S/c1-3-5-20(25)23-16-6-4-7-18(12-16)27-14(2)21(26)24-17-9-8-15-10-11-22-19(15)13-17/h4,6-14,22H,3,5H2,1-2H3,(H,23,25)(H,24,26). The number of aromatic amines is 1. The molecular formula is C21H23N3O2S. The van der Waals surface area contributed by atoms with Crippen LogP contribution in [-0.4, -0.2) is 22.0 Å². The second kappa shape index (κ2) is 8.77. The quantitative estimate of drug-likeness (QED) is 0.503. The molecule has 2 amide bonds. The number of fused-ring (bicyclic) bond motifs is 1. The number of aromatic nitrogens is 1. The molecule has 6 heteroatoms.